The predicted molar refractivity (Wildman–Crippen MR) is 78.0 cm³/mol. The van der Waals surface area contributed by atoms with Crippen LogP contribution >= 0.6 is 0 Å². The summed E-state index contributed by atoms with van der Waals surface area (Å²) in [4.78, 5) is 11.4. The van der Waals surface area contributed by atoms with Gasteiger partial charge in [-0.3, -0.25) is 0 Å². The topological polar surface area (TPSA) is 59.3 Å². The van der Waals surface area contributed by atoms with Crippen LogP contribution in [0.5, 0.6) is 5.75 Å². The summed E-state index contributed by atoms with van der Waals surface area (Å²) in [5.41, 5.74) is 2.05. The van der Waals surface area contributed by atoms with Crippen LogP contribution in [0, 0.1) is 11.3 Å². The molecule has 0 bridgehead atoms. The molecule has 106 valence electrons. The number of esters is 1. The van der Waals surface area contributed by atoms with Crippen LogP contribution in [0.2, 0.25) is 0 Å². The van der Waals surface area contributed by atoms with Crippen LogP contribution in [0.25, 0.3) is 0 Å². The van der Waals surface area contributed by atoms with E-state index in [0.29, 0.717) is 16.9 Å². The maximum atomic E-state index is 11.4. The average Bonchev–Trinajstić information content (AvgIpc) is 2.55. The van der Waals surface area contributed by atoms with Gasteiger partial charge in [0, 0.05) is 0 Å². The first kappa shape index (κ1) is 14.6. The molecule has 21 heavy (non-hydrogen) atoms. The van der Waals surface area contributed by atoms with Crippen molar-refractivity contribution in [3.05, 3.63) is 65.2 Å². The van der Waals surface area contributed by atoms with Gasteiger partial charge in [0.05, 0.1) is 24.3 Å². The lowest BCUT2D eigenvalue weighted by Gasteiger charge is -2.15. The van der Waals surface area contributed by atoms with Crippen LogP contribution in [0.1, 0.15) is 34.5 Å². The van der Waals surface area contributed by atoms with Gasteiger partial charge in [-0.1, -0.05) is 12.1 Å². The summed E-state index contributed by atoms with van der Waals surface area (Å²) in [6.07, 6.45) is -0.162. The van der Waals surface area contributed by atoms with Crippen LogP contribution in [0.3, 0.4) is 0 Å². The summed E-state index contributed by atoms with van der Waals surface area (Å²) >= 11 is 0. The van der Waals surface area contributed by atoms with E-state index in [-0.39, 0.29) is 12.1 Å². The maximum Gasteiger partial charge on any atom is 0.337 e. The van der Waals surface area contributed by atoms with Gasteiger partial charge in [-0.05, 0) is 48.9 Å². The summed E-state index contributed by atoms with van der Waals surface area (Å²) in [6, 6.07) is 16.1. The Balaban J connectivity index is 2.07. The van der Waals surface area contributed by atoms with Gasteiger partial charge in [0.2, 0.25) is 0 Å². The Hall–Kier alpha value is -2.80. The van der Waals surface area contributed by atoms with Crippen molar-refractivity contribution in [2.75, 3.05) is 7.11 Å². The minimum atomic E-state index is -0.359. The molecule has 0 radical (unpaired) electrons. The molecule has 2 aromatic rings. The molecule has 2 rings (SSSR count). The van der Waals surface area contributed by atoms with E-state index in [1.807, 2.05) is 19.1 Å². The minimum absolute atomic E-state index is 0.162. The van der Waals surface area contributed by atoms with E-state index in [0.717, 1.165) is 5.56 Å². The molecule has 0 saturated carbocycles. The van der Waals surface area contributed by atoms with Crippen molar-refractivity contribution in [1.29, 1.82) is 5.26 Å². The first-order valence-electron chi connectivity index (χ1n) is 6.49. The monoisotopic (exact) mass is 281 g/mol. The fourth-order valence-electron chi connectivity index (χ4n) is 1.89. The van der Waals surface area contributed by atoms with Crippen molar-refractivity contribution in [1.82, 2.24) is 0 Å². The minimum Gasteiger partial charge on any atom is -0.486 e. The number of carbonyl (C=O) groups excluding carboxylic acids is 1. The molecular formula is C17H15NO3. The largest absolute Gasteiger partial charge is 0.486 e. The van der Waals surface area contributed by atoms with E-state index < -0.39 is 0 Å². The zero-order chi connectivity index (χ0) is 15.2. The quantitative estimate of drug-likeness (QED) is 0.805. The molecule has 1 unspecified atom stereocenters. The molecule has 0 aliphatic rings. The smallest absolute Gasteiger partial charge is 0.337 e. The van der Waals surface area contributed by atoms with E-state index in [1.54, 1.807) is 36.4 Å². The third-order valence-electron chi connectivity index (χ3n) is 3.10. The van der Waals surface area contributed by atoms with Crippen LogP contribution < -0.4 is 4.74 Å². The molecule has 0 fully saturated rings. The number of hydrogen-bond donors (Lipinski definition) is 0. The average molecular weight is 281 g/mol. The van der Waals surface area contributed by atoms with Crippen LogP contribution in [0.4, 0.5) is 0 Å². The Bertz CT molecular complexity index is 654. The van der Waals surface area contributed by atoms with E-state index in [2.05, 4.69) is 10.8 Å². The second-order valence-electron chi connectivity index (χ2n) is 4.51. The van der Waals surface area contributed by atoms with Crippen LogP contribution in [-0.4, -0.2) is 13.1 Å². The first-order chi connectivity index (χ1) is 10.1. The van der Waals surface area contributed by atoms with Gasteiger partial charge >= 0.3 is 5.97 Å². The molecule has 0 N–H and O–H groups in total. The van der Waals surface area contributed by atoms with E-state index in [4.69, 9.17) is 10.00 Å². The van der Waals surface area contributed by atoms with Gasteiger partial charge in [0.1, 0.15) is 11.9 Å². The highest BCUT2D eigenvalue weighted by Gasteiger charge is 2.10. The van der Waals surface area contributed by atoms with E-state index in [1.165, 1.54) is 7.11 Å². The number of benzene rings is 2. The van der Waals surface area contributed by atoms with Crippen LogP contribution in [0.15, 0.2) is 48.5 Å². The predicted octanol–water partition coefficient (Wildman–Crippen LogP) is 3.48. The highest BCUT2D eigenvalue weighted by Crippen LogP contribution is 2.22. The third kappa shape index (κ3) is 3.61. The van der Waals surface area contributed by atoms with Crippen molar-refractivity contribution in [3.63, 3.8) is 0 Å². The highest BCUT2D eigenvalue weighted by molar-refractivity contribution is 5.89. The molecule has 0 aliphatic heterocycles. The van der Waals surface area contributed by atoms with Crippen molar-refractivity contribution in [2.45, 2.75) is 13.0 Å². The number of nitrogens with zero attached hydrogens (tertiary/aromatic N) is 1. The van der Waals surface area contributed by atoms with E-state index >= 15 is 0 Å². The molecule has 2 aromatic carbocycles. The molecule has 4 nitrogen and oxygen atoms in total. The normalized spacial score (nSPS) is 11.3. The molecule has 0 aromatic heterocycles. The highest BCUT2D eigenvalue weighted by atomic mass is 16.5. The third-order valence-corrected chi connectivity index (χ3v) is 3.10. The molecule has 0 saturated heterocycles. The van der Waals surface area contributed by atoms with Gasteiger partial charge < -0.3 is 9.47 Å². The summed E-state index contributed by atoms with van der Waals surface area (Å²) in [7, 11) is 1.35. The standard InChI is InChI=1S/C17H15NO3/c1-12(21-16-9-3-13(11-18)4-10-16)14-5-7-15(8-6-14)17(19)20-2/h3-10,12H,1-2H3. The van der Waals surface area contributed by atoms with Gasteiger partial charge in [0.25, 0.3) is 0 Å². The van der Waals surface area contributed by atoms with Gasteiger partial charge in [0.15, 0.2) is 0 Å². The fourth-order valence-corrected chi connectivity index (χ4v) is 1.89. The van der Waals surface area contributed by atoms with Gasteiger partial charge in [-0.15, -0.1) is 0 Å². The van der Waals surface area contributed by atoms with E-state index in [9.17, 15) is 4.79 Å². The Morgan fingerprint density at radius 3 is 2.24 bits per heavy atom. The Morgan fingerprint density at radius 2 is 1.71 bits per heavy atom. The lowest BCUT2D eigenvalue weighted by atomic mass is 10.1. The fraction of sp³-hybridized carbons (Fsp3) is 0.176. The lowest BCUT2D eigenvalue weighted by molar-refractivity contribution is 0.0600. The zero-order valence-electron chi connectivity index (χ0n) is 11.9. The van der Waals surface area contributed by atoms with Gasteiger partial charge in [-0.2, -0.15) is 5.26 Å². The Labute approximate surface area is 123 Å². The zero-order valence-corrected chi connectivity index (χ0v) is 11.9. The molecule has 4 heteroatoms. The molecule has 0 heterocycles. The van der Waals surface area contributed by atoms with Crippen LogP contribution in [-0.2, 0) is 4.74 Å². The van der Waals surface area contributed by atoms with Crippen molar-refractivity contribution >= 4 is 5.97 Å². The second-order valence-corrected chi connectivity index (χ2v) is 4.51. The summed E-state index contributed by atoms with van der Waals surface area (Å²) in [5, 5.41) is 8.75. The van der Waals surface area contributed by atoms with Gasteiger partial charge in [-0.25, -0.2) is 4.79 Å². The SMILES string of the molecule is COC(=O)c1ccc(C(C)Oc2ccc(C#N)cc2)cc1. The number of nitriles is 1. The summed E-state index contributed by atoms with van der Waals surface area (Å²) in [6.45, 7) is 1.92. The lowest BCUT2D eigenvalue weighted by Crippen LogP contribution is -2.05. The number of hydrogen-bond acceptors (Lipinski definition) is 4. The first-order valence-corrected chi connectivity index (χ1v) is 6.49. The molecule has 0 amide bonds. The molecule has 0 aliphatic carbocycles. The number of ether oxygens (including phenoxy) is 2. The van der Waals surface area contributed by atoms with Crippen molar-refractivity contribution < 1.29 is 14.3 Å². The summed E-state index contributed by atoms with van der Waals surface area (Å²) in [5.74, 6) is 0.334. The molecule has 0 spiro atoms. The Morgan fingerprint density at radius 1 is 1.10 bits per heavy atom. The second kappa shape index (κ2) is 6.58. The number of carbonyl (C=O) groups is 1. The number of methoxy groups -OCH3 is 1. The molecule has 1 atom stereocenters. The van der Waals surface area contributed by atoms with Crippen molar-refractivity contribution in [3.8, 4) is 11.8 Å². The summed E-state index contributed by atoms with van der Waals surface area (Å²) < 4.78 is 10.5. The van der Waals surface area contributed by atoms with Crippen molar-refractivity contribution in [2.24, 2.45) is 0 Å². The Kier molecular flexibility index (Phi) is 4.57. The maximum absolute atomic E-state index is 11.4. The molecular weight excluding hydrogens is 266 g/mol. The number of rotatable bonds is 4.